The summed E-state index contributed by atoms with van der Waals surface area (Å²) in [5.74, 6) is 0.717. The molecule has 4 nitrogen and oxygen atoms in total. The molecule has 0 bridgehead atoms. The number of benzene rings is 2. The van der Waals surface area contributed by atoms with Crippen LogP contribution in [0.4, 0.5) is 0 Å². The second-order valence-electron chi connectivity index (χ2n) is 9.18. The lowest BCUT2D eigenvalue weighted by atomic mass is 9.87. The normalized spacial score (nSPS) is 15.2. The van der Waals surface area contributed by atoms with E-state index in [2.05, 4.69) is 33.0 Å². The molecule has 0 aliphatic carbocycles. The third-order valence-electron chi connectivity index (χ3n) is 5.74. The summed E-state index contributed by atoms with van der Waals surface area (Å²) >= 11 is 0. The molecule has 1 aliphatic rings. The first-order chi connectivity index (χ1) is 13.7. The van der Waals surface area contributed by atoms with Crippen molar-refractivity contribution in [1.29, 1.82) is 0 Å². The summed E-state index contributed by atoms with van der Waals surface area (Å²) in [7, 11) is 0. The highest BCUT2D eigenvalue weighted by atomic mass is 16.2. The SMILES string of the molecule is CC1CCN(C(=O)c2ccc(CNC(=O)c3ccc(C(C)(C)C)cc3)cc2)CC1. The van der Waals surface area contributed by atoms with Crippen LogP contribution in [0, 0.1) is 5.92 Å². The summed E-state index contributed by atoms with van der Waals surface area (Å²) in [6.45, 7) is 10.8. The van der Waals surface area contributed by atoms with Gasteiger partial charge in [-0.3, -0.25) is 9.59 Å². The van der Waals surface area contributed by atoms with E-state index in [1.807, 2.05) is 53.4 Å². The molecule has 1 N–H and O–H groups in total. The van der Waals surface area contributed by atoms with Crippen molar-refractivity contribution >= 4 is 11.8 Å². The van der Waals surface area contributed by atoms with Crippen LogP contribution in [0.3, 0.4) is 0 Å². The van der Waals surface area contributed by atoms with Gasteiger partial charge in [0.1, 0.15) is 0 Å². The van der Waals surface area contributed by atoms with E-state index in [1.165, 1.54) is 5.56 Å². The number of hydrogen-bond acceptors (Lipinski definition) is 2. The maximum atomic E-state index is 12.6. The van der Waals surface area contributed by atoms with Gasteiger partial charge < -0.3 is 10.2 Å². The number of rotatable bonds is 4. The average molecular weight is 393 g/mol. The van der Waals surface area contributed by atoms with Crippen LogP contribution in [0.25, 0.3) is 0 Å². The Labute approximate surface area is 174 Å². The predicted molar refractivity (Wildman–Crippen MR) is 117 cm³/mol. The lowest BCUT2D eigenvalue weighted by Gasteiger charge is -2.30. The van der Waals surface area contributed by atoms with Gasteiger partial charge in [0.2, 0.25) is 0 Å². The molecule has 1 aliphatic heterocycles. The third-order valence-corrected chi connectivity index (χ3v) is 5.74. The Hall–Kier alpha value is -2.62. The molecule has 0 saturated carbocycles. The molecule has 2 aromatic carbocycles. The Morgan fingerprint density at radius 1 is 0.931 bits per heavy atom. The number of carbonyl (C=O) groups is 2. The summed E-state index contributed by atoms with van der Waals surface area (Å²) in [5, 5.41) is 2.96. The lowest BCUT2D eigenvalue weighted by Crippen LogP contribution is -2.37. The van der Waals surface area contributed by atoms with Gasteiger partial charge in [-0.15, -0.1) is 0 Å². The Morgan fingerprint density at radius 3 is 2.03 bits per heavy atom. The highest BCUT2D eigenvalue weighted by molar-refractivity contribution is 5.95. The van der Waals surface area contributed by atoms with E-state index >= 15 is 0 Å². The average Bonchev–Trinajstić information content (AvgIpc) is 2.72. The van der Waals surface area contributed by atoms with E-state index < -0.39 is 0 Å². The number of carbonyl (C=O) groups excluding carboxylic acids is 2. The molecule has 2 amide bonds. The number of hydrogen-bond donors (Lipinski definition) is 1. The number of likely N-dealkylation sites (tertiary alicyclic amines) is 1. The molecule has 2 aromatic rings. The summed E-state index contributed by atoms with van der Waals surface area (Å²) in [4.78, 5) is 27.0. The summed E-state index contributed by atoms with van der Waals surface area (Å²) in [6.07, 6.45) is 2.15. The van der Waals surface area contributed by atoms with Crippen molar-refractivity contribution in [1.82, 2.24) is 10.2 Å². The van der Waals surface area contributed by atoms with Gasteiger partial charge >= 0.3 is 0 Å². The molecular formula is C25H32N2O2. The highest BCUT2D eigenvalue weighted by Crippen LogP contribution is 2.22. The minimum atomic E-state index is -0.0898. The fourth-order valence-electron chi connectivity index (χ4n) is 3.57. The maximum Gasteiger partial charge on any atom is 0.253 e. The van der Waals surface area contributed by atoms with Crippen molar-refractivity contribution in [3.05, 3.63) is 70.8 Å². The third kappa shape index (κ3) is 5.47. The van der Waals surface area contributed by atoms with Crippen LogP contribution < -0.4 is 5.32 Å². The van der Waals surface area contributed by atoms with E-state index in [1.54, 1.807) is 0 Å². The highest BCUT2D eigenvalue weighted by Gasteiger charge is 2.21. The van der Waals surface area contributed by atoms with Crippen molar-refractivity contribution in [2.75, 3.05) is 13.1 Å². The first kappa shape index (κ1) is 21.1. The fraction of sp³-hybridized carbons (Fsp3) is 0.440. The van der Waals surface area contributed by atoms with Gasteiger partial charge in [-0.25, -0.2) is 0 Å². The number of nitrogens with zero attached hydrogens (tertiary/aromatic N) is 1. The Balaban J connectivity index is 1.54. The van der Waals surface area contributed by atoms with Crippen molar-refractivity contribution in [3.8, 4) is 0 Å². The van der Waals surface area contributed by atoms with Crippen molar-refractivity contribution in [2.24, 2.45) is 5.92 Å². The smallest absolute Gasteiger partial charge is 0.253 e. The minimum Gasteiger partial charge on any atom is -0.348 e. The monoisotopic (exact) mass is 392 g/mol. The minimum absolute atomic E-state index is 0.0701. The molecule has 0 aromatic heterocycles. The van der Waals surface area contributed by atoms with Crippen LogP contribution in [0.1, 0.15) is 72.4 Å². The second-order valence-corrected chi connectivity index (χ2v) is 9.18. The zero-order chi connectivity index (χ0) is 21.0. The van der Waals surface area contributed by atoms with E-state index in [4.69, 9.17) is 0 Å². The molecule has 4 heteroatoms. The number of nitrogens with one attached hydrogen (secondary N) is 1. The fourth-order valence-corrected chi connectivity index (χ4v) is 3.57. The molecule has 1 fully saturated rings. The molecule has 1 saturated heterocycles. The predicted octanol–water partition coefficient (Wildman–Crippen LogP) is 4.79. The van der Waals surface area contributed by atoms with Gasteiger partial charge in [-0.05, 0) is 59.6 Å². The van der Waals surface area contributed by atoms with Crippen molar-refractivity contribution in [2.45, 2.75) is 52.5 Å². The van der Waals surface area contributed by atoms with Crippen LogP contribution in [0.2, 0.25) is 0 Å². The molecule has 154 valence electrons. The summed E-state index contributed by atoms with van der Waals surface area (Å²) in [6, 6.07) is 15.3. The maximum absolute atomic E-state index is 12.6. The summed E-state index contributed by atoms with van der Waals surface area (Å²) in [5.41, 5.74) is 3.63. The van der Waals surface area contributed by atoms with Crippen LogP contribution in [0.5, 0.6) is 0 Å². The molecule has 0 spiro atoms. The van der Waals surface area contributed by atoms with Gasteiger partial charge in [-0.2, -0.15) is 0 Å². The topological polar surface area (TPSA) is 49.4 Å². The Kier molecular flexibility index (Phi) is 6.41. The molecule has 0 radical (unpaired) electrons. The van der Waals surface area contributed by atoms with Crippen LogP contribution in [-0.4, -0.2) is 29.8 Å². The zero-order valence-electron chi connectivity index (χ0n) is 18.0. The van der Waals surface area contributed by atoms with Crippen LogP contribution >= 0.6 is 0 Å². The Morgan fingerprint density at radius 2 is 1.48 bits per heavy atom. The van der Waals surface area contributed by atoms with Gasteiger partial charge in [0.25, 0.3) is 11.8 Å². The van der Waals surface area contributed by atoms with Gasteiger partial charge in [0.05, 0.1) is 0 Å². The first-order valence-corrected chi connectivity index (χ1v) is 10.5. The molecule has 1 heterocycles. The molecule has 0 atom stereocenters. The number of amides is 2. The van der Waals surface area contributed by atoms with E-state index in [0.717, 1.165) is 31.5 Å². The summed E-state index contributed by atoms with van der Waals surface area (Å²) < 4.78 is 0. The van der Waals surface area contributed by atoms with Gasteiger partial charge in [0, 0.05) is 30.8 Å². The number of piperidine rings is 1. The van der Waals surface area contributed by atoms with E-state index in [0.29, 0.717) is 23.6 Å². The van der Waals surface area contributed by atoms with Crippen LogP contribution in [0.15, 0.2) is 48.5 Å². The lowest BCUT2D eigenvalue weighted by molar-refractivity contribution is 0.0697. The zero-order valence-corrected chi connectivity index (χ0v) is 18.0. The van der Waals surface area contributed by atoms with Crippen molar-refractivity contribution < 1.29 is 9.59 Å². The first-order valence-electron chi connectivity index (χ1n) is 10.5. The van der Waals surface area contributed by atoms with Gasteiger partial charge in [0.15, 0.2) is 0 Å². The standard InChI is InChI=1S/C25H32N2O2/c1-18-13-15-27(16-14-18)24(29)21-7-5-19(6-8-21)17-26-23(28)20-9-11-22(12-10-20)25(2,3)4/h5-12,18H,13-17H2,1-4H3,(H,26,28). The molecule has 29 heavy (non-hydrogen) atoms. The quantitative estimate of drug-likeness (QED) is 0.813. The Bertz CT molecular complexity index is 840. The van der Waals surface area contributed by atoms with Crippen molar-refractivity contribution in [3.63, 3.8) is 0 Å². The van der Waals surface area contributed by atoms with Gasteiger partial charge in [-0.1, -0.05) is 52.0 Å². The molecule has 0 unspecified atom stereocenters. The second kappa shape index (κ2) is 8.81. The molecule has 3 rings (SSSR count). The van der Waals surface area contributed by atoms with E-state index in [9.17, 15) is 9.59 Å². The van der Waals surface area contributed by atoms with E-state index in [-0.39, 0.29) is 17.2 Å². The van der Waals surface area contributed by atoms with Crippen LogP contribution in [-0.2, 0) is 12.0 Å². The largest absolute Gasteiger partial charge is 0.348 e. The molecular weight excluding hydrogens is 360 g/mol.